The molecule has 4 nitrogen and oxygen atoms in total. The number of carbonyl (C=O) groups is 2. The van der Waals surface area contributed by atoms with Crippen LogP contribution in [0.1, 0.15) is 27.7 Å². The van der Waals surface area contributed by atoms with Crippen molar-refractivity contribution >= 4 is 11.9 Å². The molecule has 0 rings (SSSR count). The number of ether oxygens (including phenoxy) is 2. The van der Waals surface area contributed by atoms with Crippen LogP contribution in [0.4, 0.5) is 0 Å². The van der Waals surface area contributed by atoms with Gasteiger partial charge in [0.15, 0.2) is 5.76 Å². The zero-order valence-electron chi connectivity index (χ0n) is 11.2. The quantitative estimate of drug-likeness (QED) is 0.326. The maximum atomic E-state index is 11.4. The summed E-state index contributed by atoms with van der Waals surface area (Å²) in [5.41, 5.74) is 0.524. The molecular formula is C14H18O4. The fourth-order valence-corrected chi connectivity index (χ4v) is 0.838. The standard InChI is InChI=1S/C14H18O4/c1-7-8-12(18-14(16)10(4)5)11(6)17-13(15)9(2)3/h7-8H,2,4H2,1,3,5-6H3/b8-7+,12-11-. The van der Waals surface area contributed by atoms with Crippen molar-refractivity contribution in [2.45, 2.75) is 27.7 Å². The Kier molecular flexibility index (Phi) is 6.42. The van der Waals surface area contributed by atoms with E-state index in [1.54, 1.807) is 13.0 Å². The first-order chi connectivity index (χ1) is 8.29. The lowest BCUT2D eigenvalue weighted by atomic mass is 10.3. The molecule has 0 N–H and O–H groups in total. The third-order valence-corrected chi connectivity index (χ3v) is 1.81. The number of esters is 2. The summed E-state index contributed by atoms with van der Waals surface area (Å²) in [5.74, 6) is -0.787. The lowest BCUT2D eigenvalue weighted by Gasteiger charge is -2.09. The number of rotatable bonds is 5. The van der Waals surface area contributed by atoms with E-state index in [0.29, 0.717) is 0 Å². The van der Waals surface area contributed by atoms with Crippen LogP contribution >= 0.6 is 0 Å². The number of hydrogen-bond donors (Lipinski definition) is 0. The average Bonchev–Trinajstić information content (AvgIpc) is 2.27. The van der Waals surface area contributed by atoms with Crippen LogP contribution < -0.4 is 0 Å². The van der Waals surface area contributed by atoms with E-state index in [1.807, 2.05) is 0 Å². The fraction of sp³-hybridized carbons (Fsp3) is 0.286. The highest BCUT2D eigenvalue weighted by Gasteiger charge is 2.12. The Hall–Kier alpha value is -2.10. The van der Waals surface area contributed by atoms with Crippen molar-refractivity contribution in [3.8, 4) is 0 Å². The molecule has 0 saturated heterocycles. The molecule has 0 amide bonds. The molecule has 0 aromatic heterocycles. The van der Waals surface area contributed by atoms with Crippen molar-refractivity contribution in [2.75, 3.05) is 0 Å². The van der Waals surface area contributed by atoms with Crippen LogP contribution in [0.5, 0.6) is 0 Å². The summed E-state index contributed by atoms with van der Waals surface area (Å²) in [6.07, 6.45) is 3.20. The predicted octanol–water partition coefficient (Wildman–Crippen LogP) is 3.03. The second kappa shape index (κ2) is 7.27. The highest BCUT2D eigenvalue weighted by atomic mass is 16.6. The van der Waals surface area contributed by atoms with Gasteiger partial charge in [0.25, 0.3) is 0 Å². The molecule has 0 aliphatic carbocycles. The Morgan fingerprint density at radius 1 is 0.944 bits per heavy atom. The minimum atomic E-state index is -0.575. The van der Waals surface area contributed by atoms with Crippen molar-refractivity contribution in [1.29, 1.82) is 0 Å². The number of allylic oxidation sites excluding steroid dienone is 3. The maximum absolute atomic E-state index is 11.4. The van der Waals surface area contributed by atoms with Gasteiger partial charge >= 0.3 is 11.9 Å². The zero-order valence-corrected chi connectivity index (χ0v) is 11.2. The normalized spacial score (nSPS) is 11.8. The van der Waals surface area contributed by atoms with Gasteiger partial charge < -0.3 is 9.47 Å². The van der Waals surface area contributed by atoms with Crippen LogP contribution in [-0.2, 0) is 19.1 Å². The molecule has 4 heteroatoms. The van der Waals surface area contributed by atoms with Gasteiger partial charge in [-0.25, -0.2) is 9.59 Å². The van der Waals surface area contributed by atoms with Crippen LogP contribution in [0.25, 0.3) is 0 Å². The smallest absolute Gasteiger partial charge is 0.338 e. The van der Waals surface area contributed by atoms with E-state index in [2.05, 4.69) is 13.2 Å². The molecule has 0 bridgehead atoms. The number of hydrogen-bond acceptors (Lipinski definition) is 4. The minimum absolute atomic E-state index is 0.167. The summed E-state index contributed by atoms with van der Waals surface area (Å²) in [4.78, 5) is 22.7. The molecule has 18 heavy (non-hydrogen) atoms. The molecule has 98 valence electrons. The number of carbonyl (C=O) groups excluding carboxylic acids is 2. The highest BCUT2D eigenvalue weighted by molar-refractivity contribution is 5.89. The molecule has 0 fully saturated rings. The summed E-state index contributed by atoms with van der Waals surface area (Å²) in [6.45, 7) is 13.3. The highest BCUT2D eigenvalue weighted by Crippen LogP contribution is 2.13. The second-order valence-corrected chi connectivity index (χ2v) is 3.76. The van der Waals surface area contributed by atoms with Gasteiger partial charge in [0.1, 0.15) is 5.76 Å². The van der Waals surface area contributed by atoms with Crippen LogP contribution in [0, 0.1) is 0 Å². The monoisotopic (exact) mass is 250 g/mol. The van der Waals surface area contributed by atoms with E-state index in [9.17, 15) is 9.59 Å². The first-order valence-electron chi connectivity index (χ1n) is 5.38. The molecule has 0 atom stereocenters. The van der Waals surface area contributed by atoms with Crippen LogP contribution in [0.2, 0.25) is 0 Å². The van der Waals surface area contributed by atoms with Gasteiger partial charge in [0, 0.05) is 11.1 Å². The summed E-state index contributed by atoms with van der Waals surface area (Å²) in [5, 5.41) is 0. The predicted molar refractivity (Wildman–Crippen MR) is 69.3 cm³/mol. The lowest BCUT2D eigenvalue weighted by molar-refractivity contribution is -0.138. The van der Waals surface area contributed by atoms with Gasteiger partial charge in [0.2, 0.25) is 0 Å². The summed E-state index contributed by atoms with van der Waals surface area (Å²) >= 11 is 0. The fourth-order valence-electron chi connectivity index (χ4n) is 0.838. The Bertz CT molecular complexity index is 439. The van der Waals surface area contributed by atoms with E-state index in [0.717, 1.165) is 0 Å². The van der Waals surface area contributed by atoms with Gasteiger partial charge in [-0.2, -0.15) is 0 Å². The van der Waals surface area contributed by atoms with E-state index >= 15 is 0 Å². The lowest BCUT2D eigenvalue weighted by Crippen LogP contribution is -2.09. The maximum Gasteiger partial charge on any atom is 0.338 e. The molecule has 0 unspecified atom stereocenters. The van der Waals surface area contributed by atoms with Crippen LogP contribution in [0.3, 0.4) is 0 Å². The van der Waals surface area contributed by atoms with E-state index in [4.69, 9.17) is 9.47 Å². The Labute approximate surface area is 107 Å². The van der Waals surface area contributed by atoms with Crippen molar-refractivity contribution in [3.05, 3.63) is 48.0 Å². The Balaban J connectivity index is 5.06. The van der Waals surface area contributed by atoms with Crippen molar-refractivity contribution in [3.63, 3.8) is 0 Å². The zero-order chi connectivity index (χ0) is 14.3. The Morgan fingerprint density at radius 2 is 1.39 bits per heavy atom. The molecule has 0 aliphatic heterocycles. The minimum Gasteiger partial charge on any atom is -0.424 e. The van der Waals surface area contributed by atoms with Gasteiger partial charge in [-0.1, -0.05) is 19.2 Å². The largest absolute Gasteiger partial charge is 0.424 e. The van der Waals surface area contributed by atoms with Gasteiger partial charge in [-0.3, -0.25) is 0 Å². The molecule has 0 aromatic carbocycles. The van der Waals surface area contributed by atoms with Crippen molar-refractivity contribution in [2.24, 2.45) is 0 Å². The molecule has 0 aromatic rings. The third kappa shape index (κ3) is 5.30. The molecular weight excluding hydrogens is 232 g/mol. The summed E-state index contributed by atoms with van der Waals surface area (Å²) in [6, 6.07) is 0. The summed E-state index contributed by atoms with van der Waals surface area (Å²) < 4.78 is 10.0. The van der Waals surface area contributed by atoms with Crippen molar-refractivity contribution < 1.29 is 19.1 Å². The topological polar surface area (TPSA) is 52.6 Å². The SMILES string of the molecule is C=C(C)C(=O)O/C(C)=C(/C=C/C)OC(=O)C(=C)C. The second-order valence-electron chi connectivity index (χ2n) is 3.76. The van der Waals surface area contributed by atoms with E-state index < -0.39 is 11.9 Å². The average molecular weight is 250 g/mol. The Morgan fingerprint density at radius 3 is 1.78 bits per heavy atom. The molecule has 0 radical (unpaired) electrons. The summed E-state index contributed by atoms with van der Waals surface area (Å²) in [7, 11) is 0. The van der Waals surface area contributed by atoms with E-state index in [-0.39, 0.29) is 22.7 Å². The first-order valence-corrected chi connectivity index (χ1v) is 5.38. The third-order valence-electron chi connectivity index (χ3n) is 1.81. The van der Waals surface area contributed by atoms with Gasteiger partial charge in [0.05, 0.1) is 0 Å². The first kappa shape index (κ1) is 15.9. The van der Waals surface area contributed by atoms with Crippen LogP contribution in [-0.4, -0.2) is 11.9 Å². The van der Waals surface area contributed by atoms with Crippen LogP contribution in [0.15, 0.2) is 48.0 Å². The van der Waals surface area contributed by atoms with Crippen molar-refractivity contribution in [1.82, 2.24) is 0 Å². The molecule has 0 aliphatic rings. The molecule has 0 spiro atoms. The molecule has 0 saturated carbocycles. The van der Waals surface area contributed by atoms with E-state index in [1.165, 1.54) is 26.8 Å². The van der Waals surface area contributed by atoms with Gasteiger partial charge in [-0.15, -0.1) is 0 Å². The molecule has 0 heterocycles. The van der Waals surface area contributed by atoms with Gasteiger partial charge in [-0.05, 0) is 33.8 Å².